The van der Waals surface area contributed by atoms with E-state index in [2.05, 4.69) is 34.3 Å². The molecule has 0 radical (unpaired) electrons. The molecule has 0 aromatic heterocycles. The summed E-state index contributed by atoms with van der Waals surface area (Å²) in [7, 11) is 2.16. The molecule has 2 aromatic rings. The van der Waals surface area contributed by atoms with Gasteiger partial charge in [-0.2, -0.15) is 0 Å². The van der Waals surface area contributed by atoms with Crippen LogP contribution < -0.4 is 10.2 Å². The highest BCUT2D eigenvalue weighted by molar-refractivity contribution is 6.02. The summed E-state index contributed by atoms with van der Waals surface area (Å²) in [5.41, 5.74) is 5.39. The molecule has 0 unspecified atom stereocenters. The normalized spacial score (nSPS) is 15.4. The molecule has 0 saturated carbocycles. The minimum atomic E-state index is -0.108. The lowest BCUT2D eigenvalue weighted by Crippen LogP contribution is -2.44. The number of carbonyl (C=O) groups is 1. The van der Waals surface area contributed by atoms with Crippen molar-refractivity contribution < 1.29 is 4.79 Å². The summed E-state index contributed by atoms with van der Waals surface area (Å²) in [6.45, 7) is 8.34. The second kappa shape index (κ2) is 8.19. The molecule has 2 aromatic carbocycles. The van der Waals surface area contributed by atoms with Crippen LogP contribution >= 0.6 is 0 Å². The maximum Gasteiger partial charge on any atom is 0.248 e. The number of hydrogen-bond donors (Lipinski definition) is 1. The van der Waals surface area contributed by atoms with Crippen molar-refractivity contribution in [3.63, 3.8) is 0 Å². The number of carbonyl (C=O) groups excluding carboxylic acids is 1. The van der Waals surface area contributed by atoms with Gasteiger partial charge in [-0.1, -0.05) is 24.3 Å². The number of rotatable bonds is 4. The molecule has 4 nitrogen and oxygen atoms in total. The summed E-state index contributed by atoms with van der Waals surface area (Å²) < 4.78 is 0. The van der Waals surface area contributed by atoms with E-state index < -0.39 is 0 Å². The van der Waals surface area contributed by atoms with E-state index in [4.69, 9.17) is 0 Å². The van der Waals surface area contributed by atoms with Gasteiger partial charge in [0.2, 0.25) is 5.91 Å². The average molecular weight is 349 g/mol. The summed E-state index contributed by atoms with van der Waals surface area (Å²) in [4.78, 5) is 17.0. The molecule has 1 saturated heterocycles. The molecule has 136 valence electrons. The molecule has 1 amide bonds. The standard InChI is InChI=1S/C22H27N3O/c1-17-6-4-5-7-19(17)8-11-22(26)23-21-10-9-20(16-18(21)2)25-14-12-24(3)13-15-25/h4-11,16H,12-15H2,1-3H3,(H,23,26)/b11-8+. The maximum atomic E-state index is 12.3. The van der Waals surface area contributed by atoms with E-state index in [9.17, 15) is 4.79 Å². The Morgan fingerprint density at radius 2 is 1.73 bits per heavy atom. The third-order valence-corrected chi connectivity index (χ3v) is 4.94. The molecule has 1 aliphatic heterocycles. The molecule has 0 aliphatic carbocycles. The zero-order valence-corrected chi connectivity index (χ0v) is 15.8. The maximum absolute atomic E-state index is 12.3. The second-order valence-corrected chi connectivity index (χ2v) is 6.97. The molecule has 4 heteroatoms. The Morgan fingerprint density at radius 1 is 1.00 bits per heavy atom. The van der Waals surface area contributed by atoms with E-state index in [0.29, 0.717) is 0 Å². The second-order valence-electron chi connectivity index (χ2n) is 6.97. The van der Waals surface area contributed by atoms with E-state index >= 15 is 0 Å². The lowest BCUT2D eigenvalue weighted by atomic mass is 10.1. The van der Waals surface area contributed by atoms with Crippen molar-refractivity contribution >= 4 is 23.4 Å². The number of likely N-dealkylation sites (N-methyl/N-ethyl adjacent to an activating group) is 1. The van der Waals surface area contributed by atoms with Crippen molar-refractivity contribution in [3.8, 4) is 0 Å². The van der Waals surface area contributed by atoms with E-state index in [1.165, 1.54) is 5.69 Å². The van der Waals surface area contributed by atoms with Crippen LogP contribution in [0.5, 0.6) is 0 Å². The van der Waals surface area contributed by atoms with Gasteiger partial charge in [-0.3, -0.25) is 4.79 Å². The fourth-order valence-electron chi connectivity index (χ4n) is 3.16. The Morgan fingerprint density at radius 3 is 2.42 bits per heavy atom. The van der Waals surface area contributed by atoms with Crippen LogP contribution in [-0.4, -0.2) is 44.0 Å². The number of aryl methyl sites for hydroxylation is 2. The van der Waals surface area contributed by atoms with Gasteiger partial charge in [0, 0.05) is 43.6 Å². The Bertz CT molecular complexity index is 805. The number of hydrogen-bond acceptors (Lipinski definition) is 3. The molecule has 0 spiro atoms. The minimum Gasteiger partial charge on any atom is -0.369 e. The Kier molecular flexibility index (Phi) is 5.74. The molecular weight excluding hydrogens is 322 g/mol. The highest BCUT2D eigenvalue weighted by Gasteiger charge is 2.15. The topological polar surface area (TPSA) is 35.6 Å². The van der Waals surface area contributed by atoms with Gasteiger partial charge in [-0.05, 0) is 61.9 Å². The minimum absolute atomic E-state index is 0.108. The third-order valence-electron chi connectivity index (χ3n) is 4.94. The number of anilines is 2. The summed E-state index contributed by atoms with van der Waals surface area (Å²) in [5, 5.41) is 2.98. The molecular formula is C22H27N3O. The lowest BCUT2D eigenvalue weighted by Gasteiger charge is -2.34. The zero-order valence-electron chi connectivity index (χ0n) is 15.8. The highest BCUT2D eigenvalue weighted by Crippen LogP contribution is 2.23. The average Bonchev–Trinajstić information content (AvgIpc) is 2.63. The first kappa shape index (κ1) is 18.2. The summed E-state index contributed by atoms with van der Waals surface area (Å²) in [5.74, 6) is -0.108. The van der Waals surface area contributed by atoms with Crippen LogP contribution in [0.2, 0.25) is 0 Å². The van der Waals surface area contributed by atoms with Gasteiger partial charge in [0.25, 0.3) is 0 Å². The number of nitrogens with one attached hydrogen (secondary N) is 1. The molecule has 1 heterocycles. The van der Waals surface area contributed by atoms with Crippen molar-refractivity contribution in [3.05, 3.63) is 65.2 Å². The molecule has 0 bridgehead atoms. The van der Waals surface area contributed by atoms with Gasteiger partial charge in [-0.25, -0.2) is 0 Å². The van der Waals surface area contributed by atoms with Gasteiger partial charge >= 0.3 is 0 Å². The summed E-state index contributed by atoms with van der Waals surface area (Å²) in [6.07, 6.45) is 3.45. The predicted molar refractivity (Wildman–Crippen MR) is 110 cm³/mol. The highest BCUT2D eigenvalue weighted by atomic mass is 16.1. The largest absolute Gasteiger partial charge is 0.369 e. The third kappa shape index (κ3) is 4.52. The van der Waals surface area contributed by atoms with Crippen LogP contribution in [0.1, 0.15) is 16.7 Å². The first-order chi connectivity index (χ1) is 12.5. The molecule has 3 rings (SSSR count). The first-order valence-corrected chi connectivity index (χ1v) is 9.12. The van der Waals surface area contributed by atoms with Crippen LogP contribution in [0, 0.1) is 13.8 Å². The van der Waals surface area contributed by atoms with E-state index in [0.717, 1.165) is 48.6 Å². The van der Waals surface area contributed by atoms with E-state index in [1.54, 1.807) is 6.08 Å². The van der Waals surface area contributed by atoms with Gasteiger partial charge in [0.15, 0.2) is 0 Å². The Labute approximate surface area is 156 Å². The summed E-state index contributed by atoms with van der Waals surface area (Å²) in [6, 6.07) is 14.3. The van der Waals surface area contributed by atoms with Crippen LogP contribution in [0.4, 0.5) is 11.4 Å². The van der Waals surface area contributed by atoms with Gasteiger partial charge in [0.1, 0.15) is 0 Å². The van der Waals surface area contributed by atoms with Crippen molar-refractivity contribution in [2.45, 2.75) is 13.8 Å². The zero-order chi connectivity index (χ0) is 18.5. The number of amides is 1. The number of nitrogens with zero attached hydrogens (tertiary/aromatic N) is 2. The van der Waals surface area contributed by atoms with E-state index in [-0.39, 0.29) is 5.91 Å². The molecule has 26 heavy (non-hydrogen) atoms. The summed E-state index contributed by atoms with van der Waals surface area (Å²) >= 11 is 0. The van der Waals surface area contributed by atoms with E-state index in [1.807, 2.05) is 50.3 Å². The SMILES string of the molecule is Cc1ccccc1/C=C/C(=O)Nc1ccc(N2CCN(C)CC2)cc1C. The quantitative estimate of drug-likeness (QED) is 0.855. The number of piperazine rings is 1. The van der Waals surface area contributed by atoms with Crippen molar-refractivity contribution in [2.24, 2.45) is 0 Å². The Hall–Kier alpha value is -2.59. The molecule has 1 fully saturated rings. The number of benzene rings is 2. The lowest BCUT2D eigenvalue weighted by molar-refractivity contribution is -0.111. The van der Waals surface area contributed by atoms with Gasteiger partial charge in [0.05, 0.1) is 0 Å². The predicted octanol–water partition coefficient (Wildman–Crippen LogP) is 3.71. The monoisotopic (exact) mass is 349 g/mol. The smallest absolute Gasteiger partial charge is 0.248 e. The van der Waals surface area contributed by atoms with Crippen LogP contribution in [0.25, 0.3) is 6.08 Å². The Balaban J connectivity index is 1.64. The first-order valence-electron chi connectivity index (χ1n) is 9.12. The van der Waals surface area contributed by atoms with Crippen molar-refractivity contribution in [1.29, 1.82) is 0 Å². The fraction of sp³-hybridized carbons (Fsp3) is 0.318. The van der Waals surface area contributed by atoms with Crippen molar-refractivity contribution in [1.82, 2.24) is 4.90 Å². The molecule has 0 atom stereocenters. The van der Waals surface area contributed by atoms with Gasteiger partial charge < -0.3 is 15.1 Å². The van der Waals surface area contributed by atoms with Crippen molar-refractivity contribution in [2.75, 3.05) is 43.4 Å². The van der Waals surface area contributed by atoms with Crippen LogP contribution in [0.15, 0.2) is 48.5 Å². The molecule has 1 aliphatic rings. The fourth-order valence-corrected chi connectivity index (χ4v) is 3.16. The van der Waals surface area contributed by atoms with Crippen LogP contribution in [-0.2, 0) is 4.79 Å². The van der Waals surface area contributed by atoms with Gasteiger partial charge in [-0.15, -0.1) is 0 Å². The molecule has 1 N–H and O–H groups in total. The van der Waals surface area contributed by atoms with Crippen LogP contribution in [0.3, 0.4) is 0 Å².